The van der Waals surface area contributed by atoms with Gasteiger partial charge in [0.05, 0.1) is 24.2 Å². The molecule has 0 aliphatic carbocycles. The lowest BCUT2D eigenvalue weighted by Gasteiger charge is -2.12. The molecule has 0 aliphatic rings. The Labute approximate surface area is 203 Å². The third-order valence-electron chi connectivity index (χ3n) is 4.95. The van der Waals surface area contributed by atoms with Crippen molar-refractivity contribution < 1.29 is 4.74 Å². The molecule has 0 bridgehead atoms. The Bertz CT molecular complexity index is 1250. The molecule has 1 aromatic carbocycles. The standard InChI is InChI=1S/C25H25N9O/c1-17(19-8-12-26-13-9-19)31-33-24-16-23(28-21-6-4-5-7-22(21)35-3)29-25(30-24)34-32-18(2)20-10-14-27-15-11-20/h4-16H,1-3H3,(H3,28,29,30,33,34)/b31-17-,32-18-. The highest BCUT2D eigenvalue weighted by Crippen LogP contribution is 2.27. The van der Waals surface area contributed by atoms with E-state index in [2.05, 4.69) is 46.3 Å². The largest absolute Gasteiger partial charge is 0.495 e. The fourth-order valence-corrected chi connectivity index (χ4v) is 3.09. The molecule has 3 aromatic heterocycles. The summed E-state index contributed by atoms with van der Waals surface area (Å²) < 4.78 is 5.44. The first-order valence-corrected chi connectivity index (χ1v) is 10.8. The van der Waals surface area contributed by atoms with Crippen LogP contribution in [0.1, 0.15) is 25.0 Å². The zero-order chi connectivity index (χ0) is 24.5. The minimum absolute atomic E-state index is 0.289. The van der Waals surface area contributed by atoms with Gasteiger partial charge in [-0.25, -0.2) is 5.43 Å². The van der Waals surface area contributed by atoms with E-state index < -0.39 is 0 Å². The molecule has 0 radical (unpaired) electrons. The van der Waals surface area contributed by atoms with Gasteiger partial charge < -0.3 is 10.1 Å². The van der Waals surface area contributed by atoms with Gasteiger partial charge in [-0.3, -0.25) is 15.4 Å². The molecule has 0 atom stereocenters. The van der Waals surface area contributed by atoms with E-state index in [4.69, 9.17) is 4.74 Å². The Morgan fingerprint density at radius 1 is 0.743 bits per heavy atom. The van der Waals surface area contributed by atoms with E-state index in [1.165, 1.54) is 0 Å². The maximum atomic E-state index is 5.44. The SMILES string of the molecule is COc1ccccc1Nc1cc(N/N=C(/C)c2ccncc2)nc(N/N=C(/C)c2ccncc2)n1. The van der Waals surface area contributed by atoms with E-state index >= 15 is 0 Å². The topological polar surface area (TPSA) is 122 Å². The number of nitrogens with zero attached hydrogens (tertiary/aromatic N) is 6. The lowest BCUT2D eigenvalue weighted by molar-refractivity contribution is 0.417. The Balaban J connectivity index is 1.62. The molecule has 0 saturated heterocycles. The van der Waals surface area contributed by atoms with Crippen molar-refractivity contribution in [2.24, 2.45) is 10.2 Å². The summed E-state index contributed by atoms with van der Waals surface area (Å²) in [4.78, 5) is 17.1. The molecule has 0 amide bonds. The summed E-state index contributed by atoms with van der Waals surface area (Å²) in [5.41, 5.74) is 10.1. The van der Waals surface area contributed by atoms with Crippen LogP contribution in [-0.2, 0) is 0 Å². The Morgan fingerprint density at radius 3 is 1.94 bits per heavy atom. The molecular formula is C25H25N9O. The molecular weight excluding hydrogens is 442 g/mol. The van der Waals surface area contributed by atoms with E-state index in [0.29, 0.717) is 17.4 Å². The van der Waals surface area contributed by atoms with Crippen LogP contribution in [0.5, 0.6) is 5.75 Å². The summed E-state index contributed by atoms with van der Waals surface area (Å²) in [7, 11) is 1.62. The molecule has 0 fully saturated rings. The fraction of sp³-hybridized carbons (Fsp3) is 0.120. The zero-order valence-corrected chi connectivity index (χ0v) is 19.6. The second kappa shape index (κ2) is 11.3. The molecule has 0 unspecified atom stereocenters. The Kier molecular flexibility index (Phi) is 7.54. The maximum absolute atomic E-state index is 5.44. The number of methoxy groups -OCH3 is 1. The van der Waals surface area contributed by atoms with Crippen LogP contribution in [0.2, 0.25) is 0 Å². The van der Waals surface area contributed by atoms with Gasteiger partial charge in [0.15, 0.2) is 5.82 Å². The minimum Gasteiger partial charge on any atom is -0.495 e. The summed E-state index contributed by atoms with van der Waals surface area (Å²) in [6.45, 7) is 3.79. The smallest absolute Gasteiger partial charge is 0.247 e. The molecule has 10 nitrogen and oxygen atoms in total. The molecule has 4 aromatic rings. The molecule has 3 heterocycles. The first kappa shape index (κ1) is 23.3. The van der Waals surface area contributed by atoms with Crippen molar-refractivity contribution in [3.8, 4) is 5.75 Å². The number of anilines is 4. The van der Waals surface area contributed by atoms with Crippen molar-refractivity contribution in [1.29, 1.82) is 0 Å². The first-order valence-electron chi connectivity index (χ1n) is 10.8. The molecule has 4 rings (SSSR count). The summed E-state index contributed by atoms with van der Waals surface area (Å²) in [5.74, 6) is 1.99. The van der Waals surface area contributed by atoms with Crippen molar-refractivity contribution in [3.63, 3.8) is 0 Å². The highest BCUT2D eigenvalue weighted by molar-refractivity contribution is 5.99. The second-order valence-electron chi connectivity index (χ2n) is 7.38. The van der Waals surface area contributed by atoms with Crippen LogP contribution >= 0.6 is 0 Å². The number of nitrogens with one attached hydrogen (secondary N) is 3. The van der Waals surface area contributed by atoms with E-state index in [1.54, 1.807) is 38.0 Å². The zero-order valence-electron chi connectivity index (χ0n) is 19.6. The van der Waals surface area contributed by atoms with Gasteiger partial charge >= 0.3 is 0 Å². The van der Waals surface area contributed by atoms with Crippen LogP contribution < -0.4 is 20.9 Å². The van der Waals surface area contributed by atoms with Crippen molar-refractivity contribution in [1.82, 2.24) is 19.9 Å². The van der Waals surface area contributed by atoms with Gasteiger partial charge in [-0.15, -0.1) is 0 Å². The van der Waals surface area contributed by atoms with Crippen LogP contribution in [-0.4, -0.2) is 38.5 Å². The predicted molar refractivity (Wildman–Crippen MR) is 138 cm³/mol. The number of hydrazone groups is 2. The van der Waals surface area contributed by atoms with Gasteiger partial charge in [0.25, 0.3) is 0 Å². The lowest BCUT2D eigenvalue weighted by atomic mass is 10.2. The summed E-state index contributed by atoms with van der Waals surface area (Å²) >= 11 is 0. The van der Waals surface area contributed by atoms with Gasteiger partial charge in [-0.05, 0) is 50.2 Å². The molecule has 10 heteroatoms. The molecule has 0 spiro atoms. The van der Waals surface area contributed by atoms with Crippen molar-refractivity contribution in [2.45, 2.75) is 13.8 Å². The van der Waals surface area contributed by atoms with Crippen LogP contribution in [0.3, 0.4) is 0 Å². The quantitative estimate of drug-likeness (QED) is 0.239. The van der Waals surface area contributed by atoms with E-state index in [-0.39, 0.29) is 5.95 Å². The van der Waals surface area contributed by atoms with Gasteiger partial charge in [-0.2, -0.15) is 20.2 Å². The van der Waals surface area contributed by atoms with E-state index in [9.17, 15) is 0 Å². The summed E-state index contributed by atoms with van der Waals surface area (Å²) in [6, 6.07) is 16.9. The molecule has 176 valence electrons. The molecule has 35 heavy (non-hydrogen) atoms. The first-order chi connectivity index (χ1) is 17.1. The lowest BCUT2D eigenvalue weighted by Crippen LogP contribution is -2.07. The second-order valence-corrected chi connectivity index (χ2v) is 7.38. The van der Waals surface area contributed by atoms with Gasteiger partial charge in [-0.1, -0.05) is 12.1 Å². The van der Waals surface area contributed by atoms with Crippen LogP contribution in [0.15, 0.2) is 89.6 Å². The van der Waals surface area contributed by atoms with Crippen LogP contribution in [0.4, 0.5) is 23.3 Å². The Hall–Kier alpha value is -4.86. The number of aromatic nitrogens is 4. The van der Waals surface area contributed by atoms with Crippen molar-refractivity contribution in [2.75, 3.05) is 23.3 Å². The highest BCUT2D eigenvalue weighted by atomic mass is 16.5. The Morgan fingerprint density at radius 2 is 1.31 bits per heavy atom. The van der Waals surface area contributed by atoms with Gasteiger partial charge in [0.2, 0.25) is 5.95 Å². The third-order valence-corrected chi connectivity index (χ3v) is 4.95. The monoisotopic (exact) mass is 467 g/mol. The van der Waals surface area contributed by atoms with E-state index in [0.717, 1.165) is 28.2 Å². The molecule has 0 saturated carbocycles. The molecule has 0 aliphatic heterocycles. The average molecular weight is 468 g/mol. The van der Waals surface area contributed by atoms with Crippen molar-refractivity contribution >= 4 is 34.7 Å². The summed E-state index contributed by atoms with van der Waals surface area (Å²) in [5, 5.41) is 12.2. The number of hydrogen-bond donors (Lipinski definition) is 3. The van der Waals surface area contributed by atoms with Gasteiger partial charge in [0, 0.05) is 42.0 Å². The van der Waals surface area contributed by atoms with Crippen molar-refractivity contribution in [3.05, 3.63) is 90.5 Å². The van der Waals surface area contributed by atoms with Gasteiger partial charge in [0.1, 0.15) is 11.6 Å². The number of rotatable bonds is 9. The summed E-state index contributed by atoms with van der Waals surface area (Å²) in [6.07, 6.45) is 6.88. The number of pyridine rings is 2. The molecule has 3 N–H and O–H groups in total. The average Bonchev–Trinajstić information content (AvgIpc) is 2.91. The highest BCUT2D eigenvalue weighted by Gasteiger charge is 2.08. The van der Waals surface area contributed by atoms with Crippen LogP contribution in [0, 0.1) is 0 Å². The van der Waals surface area contributed by atoms with E-state index in [1.807, 2.05) is 62.4 Å². The third kappa shape index (κ3) is 6.35. The number of para-hydroxylation sites is 2. The number of ether oxygens (including phenoxy) is 1. The van der Waals surface area contributed by atoms with Crippen LogP contribution in [0.25, 0.3) is 0 Å². The normalized spacial score (nSPS) is 11.6. The predicted octanol–water partition coefficient (Wildman–Crippen LogP) is 4.69. The number of benzene rings is 1. The maximum Gasteiger partial charge on any atom is 0.247 e. The fourth-order valence-electron chi connectivity index (χ4n) is 3.09. The minimum atomic E-state index is 0.289. The number of hydrogen-bond acceptors (Lipinski definition) is 10.